The highest BCUT2D eigenvalue weighted by Crippen LogP contribution is 2.17. The molecular formula is C16H25N3O2. The average molecular weight is 291 g/mol. The molecule has 1 saturated heterocycles. The van der Waals surface area contributed by atoms with Crippen molar-refractivity contribution < 1.29 is 9.53 Å². The van der Waals surface area contributed by atoms with Crippen LogP contribution in [0.15, 0.2) is 24.3 Å². The van der Waals surface area contributed by atoms with Gasteiger partial charge in [-0.15, -0.1) is 0 Å². The summed E-state index contributed by atoms with van der Waals surface area (Å²) in [6, 6.07) is 8.53. The van der Waals surface area contributed by atoms with Gasteiger partial charge in [0.05, 0.1) is 13.2 Å². The average Bonchev–Trinajstić information content (AvgIpc) is 2.51. The molecule has 21 heavy (non-hydrogen) atoms. The molecule has 0 aliphatic carbocycles. The number of rotatable bonds is 6. The molecule has 1 amide bonds. The van der Waals surface area contributed by atoms with Crippen LogP contribution in [0.5, 0.6) is 0 Å². The monoisotopic (exact) mass is 291 g/mol. The molecule has 1 aliphatic rings. The zero-order valence-corrected chi connectivity index (χ0v) is 13.0. The molecule has 116 valence electrons. The van der Waals surface area contributed by atoms with Gasteiger partial charge in [0.25, 0.3) is 0 Å². The van der Waals surface area contributed by atoms with Crippen molar-refractivity contribution in [2.24, 2.45) is 0 Å². The minimum atomic E-state index is 0.176. The number of methoxy groups -OCH3 is 1. The molecule has 1 aliphatic heterocycles. The van der Waals surface area contributed by atoms with Gasteiger partial charge in [0, 0.05) is 45.5 Å². The number of carbonyl (C=O) groups excluding carboxylic acids is 1. The van der Waals surface area contributed by atoms with E-state index in [1.165, 1.54) is 11.3 Å². The molecule has 1 heterocycles. The first-order valence-corrected chi connectivity index (χ1v) is 7.50. The third-order valence-corrected chi connectivity index (χ3v) is 3.76. The Hall–Kier alpha value is -1.59. The Labute approximate surface area is 126 Å². The van der Waals surface area contributed by atoms with Crippen molar-refractivity contribution in [2.45, 2.75) is 6.92 Å². The van der Waals surface area contributed by atoms with E-state index in [2.05, 4.69) is 41.4 Å². The zero-order valence-electron chi connectivity index (χ0n) is 13.0. The molecule has 1 N–H and O–H groups in total. The van der Waals surface area contributed by atoms with Gasteiger partial charge < -0.3 is 19.9 Å². The quantitative estimate of drug-likeness (QED) is 0.790. The van der Waals surface area contributed by atoms with Crippen molar-refractivity contribution in [3.05, 3.63) is 29.8 Å². The van der Waals surface area contributed by atoms with Gasteiger partial charge in [-0.3, -0.25) is 4.79 Å². The number of piperazine rings is 1. The lowest BCUT2D eigenvalue weighted by Crippen LogP contribution is -2.51. The summed E-state index contributed by atoms with van der Waals surface area (Å²) in [5.41, 5.74) is 2.52. The summed E-state index contributed by atoms with van der Waals surface area (Å²) in [4.78, 5) is 16.3. The first-order chi connectivity index (χ1) is 10.2. The second-order valence-electron chi connectivity index (χ2n) is 5.38. The number of ether oxygens (including phenoxy) is 1. The maximum Gasteiger partial charge on any atom is 0.236 e. The Bertz CT molecular complexity index is 457. The molecule has 0 spiro atoms. The minimum Gasteiger partial charge on any atom is -0.383 e. The van der Waals surface area contributed by atoms with Crippen LogP contribution in [0.3, 0.4) is 0 Å². The molecule has 1 aromatic rings. The highest BCUT2D eigenvalue weighted by atomic mass is 16.5. The number of nitrogens with one attached hydrogen (secondary N) is 1. The molecule has 1 aromatic carbocycles. The van der Waals surface area contributed by atoms with Crippen molar-refractivity contribution in [1.29, 1.82) is 0 Å². The van der Waals surface area contributed by atoms with Gasteiger partial charge in [0.2, 0.25) is 5.91 Å². The predicted molar refractivity (Wildman–Crippen MR) is 84.7 cm³/mol. The molecule has 0 radical (unpaired) electrons. The molecule has 5 heteroatoms. The topological polar surface area (TPSA) is 44.8 Å². The molecule has 1 fully saturated rings. The van der Waals surface area contributed by atoms with Gasteiger partial charge in [0.15, 0.2) is 0 Å². The van der Waals surface area contributed by atoms with Crippen LogP contribution in [-0.2, 0) is 9.53 Å². The van der Waals surface area contributed by atoms with E-state index in [1.807, 2.05) is 4.90 Å². The summed E-state index contributed by atoms with van der Waals surface area (Å²) in [6.07, 6.45) is 0. The van der Waals surface area contributed by atoms with Crippen LogP contribution >= 0.6 is 0 Å². The van der Waals surface area contributed by atoms with E-state index in [-0.39, 0.29) is 5.91 Å². The van der Waals surface area contributed by atoms with Crippen molar-refractivity contribution in [1.82, 2.24) is 10.2 Å². The van der Waals surface area contributed by atoms with Crippen LogP contribution < -0.4 is 10.2 Å². The van der Waals surface area contributed by atoms with E-state index < -0.39 is 0 Å². The molecule has 5 nitrogen and oxygen atoms in total. The lowest BCUT2D eigenvalue weighted by Gasteiger charge is -2.36. The van der Waals surface area contributed by atoms with Gasteiger partial charge in [-0.25, -0.2) is 0 Å². The van der Waals surface area contributed by atoms with E-state index in [4.69, 9.17) is 4.74 Å². The van der Waals surface area contributed by atoms with Crippen molar-refractivity contribution in [3.8, 4) is 0 Å². The number of benzene rings is 1. The third kappa shape index (κ3) is 4.72. The number of nitrogens with zero attached hydrogens (tertiary/aromatic N) is 2. The summed E-state index contributed by atoms with van der Waals surface area (Å²) >= 11 is 0. The molecule has 0 bridgehead atoms. The molecule has 2 rings (SSSR count). The van der Waals surface area contributed by atoms with Gasteiger partial charge >= 0.3 is 0 Å². The number of anilines is 1. The Morgan fingerprint density at radius 2 is 2.05 bits per heavy atom. The van der Waals surface area contributed by atoms with E-state index >= 15 is 0 Å². The van der Waals surface area contributed by atoms with Crippen molar-refractivity contribution >= 4 is 11.6 Å². The first-order valence-electron chi connectivity index (χ1n) is 7.50. The van der Waals surface area contributed by atoms with Gasteiger partial charge in [0.1, 0.15) is 0 Å². The Morgan fingerprint density at radius 1 is 1.29 bits per heavy atom. The first kappa shape index (κ1) is 15.8. The predicted octanol–water partition coefficient (Wildman–Crippen LogP) is 0.880. The van der Waals surface area contributed by atoms with Crippen LogP contribution in [0.25, 0.3) is 0 Å². The molecule has 0 atom stereocenters. The maximum absolute atomic E-state index is 12.1. The second-order valence-corrected chi connectivity index (χ2v) is 5.38. The minimum absolute atomic E-state index is 0.176. The molecule has 0 saturated carbocycles. The SMILES string of the molecule is COCCNCC(=O)N1CCN(c2cccc(C)c2)CC1. The summed E-state index contributed by atoms with van der Waals surface area (Å²) < 4.78 is 4.95. The highest BCUT2D eigenvalue weighted by Gasteiger charge is 2.20. The van der Waals surface area contributed by atoms with Crippen LogP contribution in [0.1, 0.15) is 5.56 Å². The summed E-state index contributed by atoms with van der Waals surface area (Å²) in [5, 5.41) is 3.10. The smallest absolute Gasteiger partial charge is 0.236 e. The maximum atomic E-state index is 12.1. The fourth-order valence-electron chi connectivity index (χ4n) is 2.52. The van der Waals surface area contributed by atoms with E-state index in [1.54, 1.807) is 7.11 Å². The Morgan fingerprint density at radius 3 is 2.71 bits per heavy atom. The number of hydrogen-bond acceptors (Lipinski definition) is 4. The molecule has 0 aromatic heterocycles. The highest BCUT2D eigenvalue weighted by molar-refractivity contribution is 5.78. The van der Waals surface area contributed by atoms with Gasteiger partial charge in [-0.1, -0.05) is 12.1 Å². The largest absolute Gasteiger partial charge is 0.383 e. The van der Waals surface area contributed by atoms with Crippen LogP contribution in [-0.4, -0.2) is 63.8 Å². The number of aryl methyl sites for hydroxylation is 1. The summed E-state index contributed by atoms with van der Waals surface area (Å²) in [7, 11) is 1.66. The van der Waals surface area contributed by atoms with Crippen LogP contribution in [0.4, 0.5) is 5.69 Å². The lowest BCUT2D eigenvalue weighted by atomic mass is 10.2. The van der Waals surface area contributed by atoms with Crippen LogP contribution in [0, 0.1) is 6.92 Å². The normalized spacial score (nSPS) is 15.3. The van der Waals surface area contributed by atoms with Crippen LogP contribution in [0.2, 0.25) is 0 Å². The fourth-order valence-corrected chi connectivity index (χ4v) is 2.52. The second kappa shape index (κ2) is 8.00. The van der Waals surface area contributed by atoms with E-state index in [0.717, 1.165) is 26.2 Å². The number of carbonyl (C=O) groups is 1. The summed E-state index contributed by atoms with van der Waals surface area (Å²) in [6.45, 7) is 7.22. The fraction of sp³-hybridized carbons (Fsp3) is 0.562. The van der Waals surface area contributed by atoms with Crippen molar-refractivity contribution in [2.75, 3.05) is 57.9 Å². The Kier molecular flexibility index (Phi) is 6.02. The third-order valence-electron chi connectivity index (χ3n) is 3.76. The molecule has 0 unspecified atom stereocenters. The zero-order chi connectivity index (χ0) is 15.1. The van der Waals surface area contributed by atoms with Gasteiger partial charge in [-0.05, 0) is 24.6 Å². The van der Waals surface area contributed by atoms with Crippen molar-refractivity contribution in [3.63, 3.8) is 0 Å². The standard InChI is InChI=1S/C16H25N3O2/c1-14-4-3-5-15(12-14)18-7-9-19(10-8-18)16(20)13-17-6-11-21-2/h3-5,12,17H,6-11,13H2,1-2H3. The molecular weight excluding hydrogens is 266 g/mol. The van der Waals surface area contributed by atoms with Gasteiger partial charge in [-0.2, -0.15) is 0 Å². The Balaban J connectivity index is 1.76. The summed E-state index contributed by atoms with van der Waals surface area (Å²) in [5.74, 6) is 0.176. The van der Waals surface area contributed by atoms with E-state index in [9.17, 15) is 4.79 Å². The number of hydrogen-bond donors (Lipinski definition) is 1. The van der Waals surface area contributed by atoms with E-state index in [0.29, 0.717) is 19.7 Å². The number of amides is 1. The lowest BCUT2D eigenvalue weighted by molar-refractivity contribution is -0.130.